The van der Waals surface area contributed by atoms with Gasteiger partial charge < -0.3 is 9.73 Å². The lowest BCUT2D eigenvalue weighted by molar-refractivity contribution is 0.0997. The maximum absolute atomic E-state index is 12.8. The molecule has 1 amide bonds. The molecule has 2 heterocycles. The maximum Gasteiger partial charge on any atom is 0.291 e. The number of carbonyl (C=O) groups excluding carboxylic acids is 1. The summed E-state index contributed by atoms with van der Waals surface area (Å²) in [7, 11) is 0. The summed E-state index contributed by atoms with van der Waals surface area (Å²) in [6, 6.07) is 21.5. The Morgan fingerprint density at radius 2 is 1.72 bits per heavy atom. The van der Waals surface area contributed by atoms with Gasteiger partial charge in [0.1, 0.15) is 10.8 Å². The predicted octanol–water partition coefficient (Wildman–Crippen LogP) is 8.44. The summed E-state index contributed by atoms with van der Waals surface area (Å²) in [5, 5.41) is 5.15. The van der Waals surface area contributed by atoms with Crippen molar-refractivity contribution >= 4 is 68.0 Å². The second-order valence-corrected chi connectivity index (χ2v) is 9.21. The van der Waals surface area contributed by atoms with Crippen molar-refractivity contribution in [3.63, 3.8) is 0 Å². The van der Waals surface area contributed by atoms with Gasteiger partial charge in [0.15, 0.2) is 5.76 Å². The lowest BCUT2D eigenvalue weighted by Crippen LogP contribution is -2.10. The van der Waals surface area contributed by atoms with Gasteiger partial charge in [-0.2, -0.15) is 0 Å². The molecule has 0 aliphatic heterocycles. The van der Waals surface area contributed by atoms with E-state index in [1.54, 1.807) is 59.9 Å². The minimum absolute atomic E-state index is 0.155. The summed E-state index contributed by atoms with van der Waals surface area (Å²) >= 11 is 20.2. The third-order valence-electron chi connectivity index (χ3n) is 4.77. The van der Waals surface area contributed by atoms with Crippen LogP contribution in [0, 0.1) is 0 Å². The van der Waals surface area contributed by atoms with Crippen LogP contribution in [0.3, 0.4) is 0 Å². The lowest BCUT2D eigenvalue weighted by Gasteiger charge is -2.07. The molecule has 158 valence electrons. The van der Waals surface area contributed by atoms with Crippen molar-refractivity contribution in [1.29, 1.82) is 0 Å². The average Bonchev–Trinajstić information content (AvgIpc) is 3.42. The SMILES string of the molecule is O=C(Nc1ccc(Cl)c(-c2nc3ccccc3s2)c1)c1ccc(-c2ccc(Cl)cc2Cl)o1. The van der Waals surface area contributed by atoms with Crippen LogP contribution in [0.15, 0.2) is 77.2 Å². The molecule has 32 heavy (non-hydrogen) atoms. The number of benzene rings is 3. The molecule has 0 saturated heterocycles. The van der Waals surface area contributed by atoms with E-state index in [9.17, 15) is 4.79 Å². The van der Waals surface area contributed by atoms with E-state index in [1.165, 1.54) is 0 Å². The number of aromatic nitrogens is 1. The normalized spacial score (nSPS) is 11.1. The summed E-state index contributed by atoms with van der Waals surface area (Å²) in [5.74, 6) is 0.240. The Kier molecular flexibility index (Phi) is 5.66. The van der Waals surface area contributed by atoms with Gasteiger partial charge in [-0.3, -0.25) is 4.79 Å². The van der Waals surface area contributed by atoms with Crippen molar-refractivity contribution in [2.24, 2.45) is 0 Å². The predicted molar refractivity (Wildman–Crippen MR) is 132 cm³/mol. The van der Waals surface area contributed by atoms with Crippen molar-refractivity contribution in [1.82, 2.24) is 4.98 Å². The number of rotatable bonds is 4. The fraction of sp³-hybridized carbons (Fsp3) is 0. The van der Waals surface area contributed by atoms with E-state index < -0.39 is 0 Å². The van der Waals surface area contributed by atoms with Crippen LogP contribution in [0.4, 0.5) is 5.69 Å². The van der Waals surface area contributed by atoms with E-state index in [0.29, 0.717) is 32.1 Å². The fourth-order valence-corrected chi connectivity index (χ4v) is 5.00. The van der Waals surface area contributed by atoms with Gasteiger partial charge in [-0.05, 0) is 60.7 Å². The minimum Gasteiger partial charge on any atom is -0.451 e. The number of anilines is 1. The zero-order valence-electron chi connectivity index (χ0n) is 16.2. The Morgan fingerprint density at radius 1 is 0.875 bits per heavy atom. The molecule has 0 aliphatic carbocycles. The van der Waals surface area contributed by atoms with Crippen LogP contribution in [0.1, 0.15) is 10.6 Å². The Morgan fingerprint density at radius 3 is 2.53 bits per heavy atom. The first kappa shape index (κ1) is 21.0. The molecular weight excluding hydrogens is 487 g/mol. The number of fused-ring (bicyclic) bond motifs is 1. The molecule has 0 radical (unpaired) electrons. The van der Waals surface area contributed by atoms with Crippen LogP contribution in [0.5, 0.6) is 0 Å². The summed E-state index contributed by atoms with van der Waals surface area (Å²) in [6.45, 7) is 0. The topological polar surface area (TPSA) is 55.1 Å². The van der Waals surface area contributed by atoms with Crippen LogP contribution in [-0.2, 0) is 0 Å². The van der Waals surface area contributed by atoms with E-state index in [2.05, 4.69) is 10.3 Å². The Balaban J connectivity index is 1.40. The molecule has 8 heteroatoms. The van der Waals surface area contributed by atoms with Crippen molar-refractivity contribution < 1.29 is 9.21 Å². The second-order valence-electron chi connectivity index (χ2n) is 6.92. The van der Waals surface area contributed by atoms with Gasteiger partial charge in [0, 0.05) is 21.8 Å². The van der Waals surface area contributed by atoms with Gasteiger partial charge in [-0.1, -0.05) is 46.9 Å². The van der Waals surface area contributed by atoms with Gasteiger partial charge in [0.2, 0.25) is 0 Å². The number of para-hydroxylation sites is 1. The highest BCUT2D eigenvalue weighted by Gasteiger charge is 2.16. The molecule has 4 nitrogen and oxygen atoms in total. The highest BCUT2D eigenvalue weighted by molar-refractivity contribution is 7.21. The standard InChI is InChI=1S/C24H13Cl3N2O2S/c25-13-5-7-15(18(27)11-13)20-9-10-21(31-20)23(30)28-14-6-8-17(26)16(12-14)24-29-19-3-1-2-4-22(19)32-24/h1-12H,(H,28,30). The number of carbonyl (C=O) groups is 1. The smallest absolute Gasteiger partial charge is 0.291 e. The molecule has 3 aromatic carbocycles. The number of hydrogen-bond acceptors (Lipinski definition) is 4. The molecule has 0 unspecified atom stereocenters. The van der Waals surface area contributed by atoms with Crippen LogP contribution in [0.25, 0.3) is 32.1 Å². The van der Waals surface area contributed by atoms with Crippen LogP contribution >= 0.6 is 46.1 Å². The lowest BCUT2D eigenvalue weighted by atomic mass is 10.2. The molecule has 0 bridgehead atoms. The molecule has 0 fully saturated rings. The van der Waals surface area contributed by atoms with Crippen LogP contribution in [0.2, 0.25) is 15.1 Å². The van der Waals surface area contributed by atoms with Gasteiger partial charge in [0.05, 0.1) is 20.3 Å². The molecule has 5 aromatic rings. The highest BCUT2D eigenvalue weighted by Crippen LogP contribution is 2.36. The molecule has 0 aliphatic rings. The monoisotopic (exact) mass is 498 g/mol. The average molecular weight is 500 g/mol. The fourth-order valence-electron chi connectivity index (χ4n) is 3.24. The molecule has 1 N–H and O–H groups in total. The quantitative estimate of drug-likeness (QED) is 0.270. The zero-order valence-corrected chi connectivity index (χ0v) is 19.3. The van der Waals surface area contributed by atoms with E-state index in [-0.39, 0.29) is 11.7 Å². The van der Waals surface area contributed by atoms with Crippen molar-refractivity contribution in [2.45, 2.75) is 0 Å². The Bertz CT molecular complexity index is 1440. The third-order valence-corrected chi connectivity index (χ3v) is 6.72. The first-order valence-electron chi connectivity index (χ1n) is 9.50. The molecule has 2 aromatic heterocycles. The third kappa shape index (κ3) is 4.12. The maximum atomic E-state index is 12.8. The number of nitrogens with one attached hydrogen (secondary N) is 1. The number of amides is 1. The zero-order chi connectivity index (χ0) is 22.2. The first-order valence-corrected chi connectivity index (χ1v) is 11.4. The van der Waals surface area contributed by atoms with E-state index in [1.807, 2.05) is 24.3 Å². The van der Waals surface area contributed by atoms with Crippen LogP contribution < -0.4 is 5.32 Å². The van der Waals surface area contributed by atoms with Crippen molar-refractivity contribution in [3.05, 3.63) is 93.6 Å². The summed E-state index contributed by atoms with van der Waals surface area (Å²) in [5.41, 5.74) is 2.89. The van der Waals surface area contributed by atoms with Crippen molar-refractivity contribution in [2.75, 3.05) is 5.32 Å². The minimum atomic E-state index is -0.390. The number of furan rings is 1. The number of hydrogen-bond donors (Lipinski definition) is 1. The first-order chi connectivity index (χ1) is 15.5. The number of halogens is 3. The van der Waals surface area contributed by atoms with E-state index >= 15 is 0 Å². The summed E-state index contributed by atoms with van der Waals surface area (Å²) in [4.78, 5) is 17.4. The number of thiazole rings is 1. The van der Waals surface area contributed by atoms with Gasteiger partial charge in [-0.25, -0.2) is 4.98 Å². The Labute approximate surface area is 202 Å². The summed E-state index contributed by atoms with van der Waals surface area (Å²) in [6.07, 6.45) is 0. The van der Waals surface area contributed by atoms with E-state index in [4.69, 9.17) is 39.2 Å². The molecular formula is C24H13Cl3N2O2S. The van der Waals surface area contributed by atoms with Gasteiger partial charge >= 0.3 is 0 Å². The molecule has 0 saturated carbocycles. The molecule has 5 rings (SSSR count). The molecule has 0 spiro atoms. The summed E-state index contributed by atoms with van der Waals surface area (Å²) < 4.78 is 6.79. The highest BCUT2D eigenvalue weighted by atomic mass is 35.5. The van der Waals surface area contributed by atoms with Gasteiger partial charge in [0.25, 0.3) is 5.91 Å². The molecule has 0 atom stereocenters. The number of nitrogens with zero attached hydrogens (tertiary/aromatic N) is 1. The van der Waals surface area contributed by atoms with E-state index in [0.717, 1.165) is 20.8 Å². The van der Waals surface area contributed by atoms with Crippen LogP contribution in [-0.4, -0.2) is 10.9 Å². The second kappa shape index (κ2) is 8.60. The largest absolute Gasteiger partial charge is 0.451 e. The van der Waals surface area contributed by atoms with Gasteiger partial charge in [-0.15, -0.1) is 11.3 Å². The van der Waals surface area contributed by atoms with Crippen molar-refractivity contribution in [3.8, 4) is 21.9 Å². The Hall–Kier alpha value is -2.83.